The van der Waals surface area contributed by atoms with E-state index in [1.165, 1.54) is 0 Å². The average molecular weight is 339 g/mol. The summed E-state index contributed by atoms with van der Waals surface area (Å²) in [7, 11) is 0. The molecule has 3 rings (SSSR count). The van der Waals surface area contributed by atoms with Gasteiger partial charge in [0.15, 0.2) is 5.11 Å². The number of hydrogen-bond donors (Lipinski definition) is 3. The molecule has 0 radical (unpaired) electrons. The van der Waals surface area contributed by atoms with Gasteiger partial charge in [-0.05, 0) is 36.5 Å². The Morgan fingerprint density at radius 1 is 1.04 bits per heavy atom. The Morgan fingerprint density at radius 3 is 2.62 bits per heavy atom. The second-order valence-corrected chi connectivity index (χ2v) is 5.58. The third-order valence-corrected chi connectivity index (χ3v) is 3.66. The van der Waals surface area contributed by atoms with Gasteiger partial charge in [-0.25, -0.2) is 4.98 Å². The molecule has 0 atom stereocenters. The van der Waals surface area contributed by atoms with Crippen molar-refractivity contribution in [2.75, 3.05) is 5.32 Å². The molecule has 122 valence electrons. The summed E-state index contributed by atoms with van der Waals surface area (Å²) < 4.78 is 1.95. The molecule has 3 aromatic rings. The minimum Gasteiger partial charge on any atom is -0.331 e. The number of rotatable bonds is 4. The van der Waals surface area contributed by atoms with E-state index in [1.54, 1.807) is 6.33 Å². The highest BCUT2D eigenvalue weighted by Crippen LogP contribution is 2.11. The van der Waals surface area contributed by atoms with Crippen molar-refractivity contribution in [3.63, 3.8) is 0 Å². The third-order valence-electron chi connectivity index (χ3n) is 3.45. The number of carbonyl (C=O) groups excluding carboxylic acids is 1. The van der Waals surface area contributed by atoms with Gasteiger partial charge in [-0.15, -0.1) is 0 Å². The second kappa shape index (κ2) is 7.56. The monoisotopic (exact) mass is 339 g/mol. The van der Waals surface area contributed by atoms with E-state index in [0.717, 1.165) is 16.7 Å². The molecule has 2 aromatic carbocycles. The second-order valence-electron chi connectivity index (χ2n) is 5.17. The first-order chi connectivity index (χ1) is 11.7. The Morgan fingerprint density at radius 2 is 1.79 bits per heavy atom. The van der Waals surface area contributed by atoms with Gasteiger partial charge in [0.2, 0.25) is 5.91 Å². The molecule has 1 amide bonds. The zero-order valence-electron chi connectivity index (χ0n) is 12.9. The van der Waals surface area contributed by atoms with Crippen LogP contribution in [0.15, 0.2) is 60.9 Å². The van der Waals surface area contributed by atoms with Gasteiger partial charge in [0.05, 0.1) is 17.4 Å². The van der Waals surface area contributed by atoms with Crippen LogP contribution < -0.4 is 16.2 Å². The Labute approximate surface area is 144 Å². The van der Waals surface area contributed by atoms with Crippen LogP contribution in [0.3, 0.4) is 0 Å². The molecule has 6 nitrogen and oxygen atoms in total. The molecule has 3 N–H and O–H groups in total. The number of imidazole rings is 1. The van der Waals surface area contributed by atoms with Gasteiger partial charge in [-0.3, -0.25) is 15.6 Å². The van der Waals surface area contributed by atoms with Crippen LogP contribution in [-0.2, 0) is 11.3 Å². The molecule has 0 fully saturated rings. The highest BCUT2D eigenvalue weighted by molar-refractivity contribution is 7.80. The van der Waals surface area contributed by atoms with Crippen molar-refractivity contribution in [1.29, 1.82) is 0 Å². The van der Waals surface area contributed by atoms with E-state index in [2.05, 4.69) is 21.2 Å². The van der Waals surface area contributed by atoms with Crippen LogP contribution in [0.1, 0.15) is 6.42 Å². The largest absolute Gasteiger partial charge is 0.331 e. The lowest BCUT2D eigenvalue weighted by Crippen LogP contribution is -2.43. The maximum absolute atomic E-state index is 11.9. The van der Waals surface area contributed by atoms with Gasteiger partial charge in [-0.2, -0.15) is 0 Å². The lowest BCUT2D eigenvalue weighted by Gasteiger charge is -2.11. The quantitative estimate of drug-likeness (QED) is 0.503. The first kappa shape index (κ1) is 15.9. The summed E-state index contributed by atoms with van der Waals surface area (Å²) in [5.41, 5.74) is 8.07. The zero-order chi connectivity index (χ0) is 16.8. The normalized spacial score (nSPS) is 10.3. The lowest BCUT2D eigenvalue weighted by molar-refractivity contribution is -0.121. The predicted molar refractivity (Wildman–Crippen MR) is 98.3 cm³/mol. The minimum atomic E-state index is -0.148. The minimum absolute atomic E-state index is 0.148. The van der Waals surface area contributed by atoms with E-state index in [9.17, 15) is 4.79 Å². The summed E-state index contributed by atoms with van der Waals surface area (Å²) in [5.74, 6) is -0.148. The number of nitrogens with one attached hydrogen (secondary N) is 3. The van der Waals surface area contributed by atoms with Crippen molar-refractivity contribution in [2.24, 2.45) is 0 Å². The summed E-state index contributed by atoms with van der Waals surface area (Å²) in [5, 5.41) is 3.32. The van der Waals surface area contributed by atoms with Gasteiger partial charge in [-0.1, -0.05) is 30.3 Å². The fourth-order valence-electron chi connectivity index (χ4n) is 2.28. The fourth-order valence-corrected chi connectivity index (χ4v) is 2.45. The van der Waals surface area contributed by atoms with Gasteiger partial charge in [0, 0.05) is 18.7 Å². The Hall–Kier alpha value is -2.93. The number of aromatic nitrogens is 2. The molecule has 0 aliphatic carbocycles. The number of thiocarbonyl (C=S) groups is 1. The topological polar surface area (TPSA) is 71.0 Å². The number of amides is 1. The maximum Gasteiger partial charge on any atom is 0.240 e. The van der Waals surface area contributed by atoms with Crippen molar-refractivity contribution in [1.82, 2.24) is 20.4 Å². The number of para-hydroxylation sites is 3. The summed E-state index contributed by atoms with van der Waals surface area (Å²) in [4.78, 5) is 16.2. The first-order valence-corrected chi connectivity index (χ1v) is 7.94. The van der Waals surface area contributed by atoms with Crippen molar-refractivity contribution in [3.8, 4) is 0 Å². The molecule has 1 heterocycles. The summed E-state index contributed by atoms with van der Waals surface area (Å²) in [6.45, 7) is 0.549. The number of benzene rings is 2. The van der Waals surface area contributed by atoms with Crippen molar-refractivity contribution in [3.05, 3.63) is 60.9 Å². The highest BCUT2D eigenvalue weighted by atomic mass is 32.1. The fraction of sp³-hybridized carbons (Fsp3) is 0.118. The molecule has 0 aliphatic rings. The number of hydrogen-bond acceptors (Lipinski definition) is 3. The van der Waals surface area contributed by atoms with E-state index in [1.807, 2.05) is 59.2 Å². The number of nitrogens with zero attached hydrogens (tertiary/aromatic N) is 2. The van der Waals surface area contributed by atoms with Crippen molar-refractivity contribution < 1.29 is 4.79 Å². The maximum atomic E-state index is 11.9. The Balaban J connectivity index is 1.45. The molecule has 0 unspecified atom stereocenters. The zero-order valence-corrected chi connectivity index (χ0v) is 13.7. The Bertz CT molecular complexity index is 846. The van der Waals surface area contributed by atoms with Crippen LogP contribution >= 0.6 is 12.2 Å². The Kier molecular flexibility index (Phi) is 5.02. The number of aryl methyl sites for hydroxylation is 1. The van der Waals surface area contributed by atoms with Crippen LogP contribution in [0.4, 0.5) is 5.69 Å². The predicted octanol–water partition coefficient (Wildman–Crippen LogP) is 2.44. The molecule has 7 heteroatoms. The molecule has 0 saturated carbocycles. The number of carbonyl (C=O) groups is 1. The number of fused-ring (bicyclic) bond motifs is 1. The first-order valence-electron chi connectivity index (χ1n) is 7.53. The van der Waals surface area contributed by atoms with E-state index in [-0.39, 0.29) is 5.91 Å². The van der Waals surface area contributed by atoms with E-state index >= 15 is 0 Å². The molecule has 0 spiro atoms. The molecule has 1 aromatic heterocycles. The molecule has 0 aliphatic heterocycles. The standard InChI is InChI=1S/C17H17N5OS/c23-16(20-21-17(24)19-13-6-2-1-3-7-13)10-11-22-12-18-14-8-4-5-9-15(14)22/h1-9,12H,10-11H2,(H,20,23)(H2,19,21,24). The number of anilines is 1. The average Bonchev–Trinajstić information content (AvgIpc) is 3.02. The summed E-state index contributed by atoms with van der Waals surface area (Å²) in [6, 6.07) is 17.3. The van der Waals surface area contributed by atoms with E-state index in [0.29, 0.717) is 18.1 Å². The summed E-state index contributed by atoms with van der Waals surface area (Å²) in [6.07, 6.45) is 2.06. The summed E-state index contributed by atoms with van der Waals surface area (Å²) >= 11 is 5.13. The van der Waals surface area contributed by atoms with Crippen LogP contribution in [-0.4, -0.2) is 20.6 Å². The lowest BCUT2D eigenvalue weighted by atomic mass is 10.3. The smallest absolute Gasteiger partial charge is 0.240 e. The highest BCUT2D eigenvalue weighted by Gasteiger charge is 2.05. The van der Waals surface area contributed by atoms with Crippen LogP contribution in [0.5, 0.6) is 0 Å². The van der Waals surface area contributed by atoms with E-state index in [4.69, 9.17) is 12.2 Å². The van der Waals surface area contributed by atoms with Crippen LogP contribution in [0.2, 0.25) is 0 Å². The number of hydrazine groups is 1. The van der Waals surface area contributed by atoms with Gasteiger partial charge in [0.1, 0.15) is 0 Å². The molecular formula is C17H17N5OS. The molecule has 24 heavy (non-hydrogen) atoms. The molecular weight excluding hydrogens is 322 g/mol. The van der Waals surface area contributed by atoms with E-state index < -0.39 is 0 Å². The van der Waals surface area contributed by atoms with Crippen molar-refractivity contribution in [2.45, 2.75) is 13.0 Å². The van der Waals surface area contributed by atoms with Crippen LogP contribution in [0.25, 0.3) is 11.0 Å². The molecule has 0 bridgehead atoms. The third kappa shape index (κ3) is 4.08. The SMILES string of the molecule is O=C(CCn1cnc2ccccc21)NNC(=S)Nc1ccccc1. The van der Waals surface area contributed by atoms with Gasteiger partial charge >= 0.3 is 0 Å². The molecule has 0 saturated heterocycles. The van der Waals surface area contributed by atoms with Gasteiger partial charge in [0.25, 0.3) is 0 Å². The van der Waals surface area contributed by atoms with Crippen LogP contribution in [0, 0.1) is 0 Å². The van der Waals surface area contributed by atoms with Gasteiger partial charge < -0.3 is 9.88 Å². The van der Waals surface area contributed by atoms with Crippen molar-refractivity contribution >= 4 is 40.0 Å².